The fourth-order valence-electron chi connectivity index (χ4n) is 2.37. The molecule has 0 aromatic rings. The third-order valence-corrected chi connectivity index (χ3v) is 3.54. The Kier molecular flexibility index (Phi) is 5.41. The molecule has 0 saturated heterocycles. The fourth-order valence-corrected chi connectivity index (χ4v) is 2.37. The number of aliphatic carboxylic acids is 1. The number of amides is 1. The first-order valence-electron chi connectivity index (χ1n) is 6.31. The Morgan fingerprint density at radius 1 is 1.24 bits per heavy atom. The first-order chi connectivity index (χ1) is 8.10. The molecule has 0 atom stereocenters. The molecule has 5 nitrogen and oxygen atoms in total. The number of unbranched alkanes of at least 4 members (excludes halogenated alkanes) is 1. The molecule has 0 spiro atoms. The summed E-state index contributed by atoms with van der Waals surface area (Å²) in [6.07, 6.45) is 5.38. The zero-order chi connectivity index (χ0) is 12.7. The molecule has 0 radical (unpaired) electrons. The Hall–Kier alpha value is -1.10. The summed E-state index contributed by atoms with van der Waals surface area (Å²) in [5.74, 6) is -0.738. The minimum atomic E-state index is -0.787. The second-order valence-electron chi connectivity index (χ2n) is 4.80. The van der Waals surface area contributed by atoms with Gasteiger partial charge in [0.25, 0.3) is 0 Å². The highest BCUT2D eigenvalue weighted by molar-refractivity contribution is 5.83. The van der Waals surface area contributed by atoms with Crippen molar-refractivity contribution in [3.63, 3.8) is 0 Å². The zero-order valence-electron chi connectivity index (χ0n) is 10.2. The minimum absolute atomic E-state index is 0.0489. The van der Waals surface area contributed by atoms with Crippen molar-refractivity contribution >= 4 is 11.9 Å². The molecular weight excluding hydrogens is 220 g/mol. The van der Waals surface area contributed by atoms with E-state index in [2.05, 4.69) is 5.32 Å². The van der Waals surface area contributed by atoms with Gasteiger partial charge in [-0.2, -0.15) is 0 Å². The molecule has 5 heteroatoms. The van der Waals surface area contributed by atoms with Crippen molar-refractivity contribution in [2.45, 2.75) is 44.9 Å². The lowest BCUT2D eigenvalue weighted by atomic mass is 9.85. The molecule has 0 aliphatic heterocycles. The van der Waals surface area contributed by atoms with Gasteiger partial charge in [0.2, 0.25) is 5.91 Å². The number of rotatable bonds is 7. The number of hydrogen-bond acceptors (Lipinski definition) is 3. The standard InChI is InChI=1S/C12H22N2O3/c13-9-12(6-2-3-7-12)11(17)14-8-4-1-5-10(15)16/h1-9,13H2,(H,14,17)(H,15,16). The highest BCUT2D eigenvalue weighted by Crippen LogP contribution is 2.37. The van der Waals surface area contributed by atoms with E-state index in [-0.39, 0.29) is 17.7 Å². The summed E-state index contributed by atoms with van der Waals surface area (Å²) >= 11 is 0. The molecule has 1 rings (SSSR count). The maximum Gasteiger partial charge on any atom is 0.303 e. The molecule has 1 aliphatic carbocycles. The third kappa shape index (κ3) is 4.00. The number of carboxylic acids is 1. The number of nitrogens with two attached hydrogens (primary N) is 1. The van der Waals surface area contributed by atoms with Crippen LogP contribution in [0.3, 0.4) is 0 Å². The van der Waals surface area contributed by atoms with Gasteiger partial charge in [0.1, 0.15) is 0 Å². The van der Waals surface area contributed by atoms with Crippen molar-refractivity contribution < 1.29 is 14.7 Å². The normalized spacial score (nSPS) is 17.9. The highest BCUT2D eigenvalue weighted by Gasteiger charge is 2.39. The van der Waals surface area contributed by atoms with Crippen LogP contribution < -0.4 is 11.1 Å². The van der Waals surface area contributed by atoms with Gasteiger partial charge in [-0.15, -0.1) is 0 Å². The summed E-state index contributed by atoms with van der Waals surface area (Å²) in [4.78, 5) is 22.3. The van der Waals surface area contributed by atoms with E-state index in [0.717, 1.165) is 25.7 Å². The summed E-state index contributed by atoms with van der Waals surface area (Å²) in [7, 11) is 0. The van der Waals surface area contributed by atoms with Crippen molar-refractivity contribution in [3.8, 4) is 0 Å². The molecular formula is C12H22N2O3. The summed E-state index contributed by atoms with van der Waals surface area (Å²) in [6.45, 7) is 0.960. The van der Waals surface area contributed by atoms with Crippen LogP contribution in [0.1, 0.15) is 44.9 Å². The molecule has 4 N–H and O–H groups in total. The van der Waals surface area contributed by atoms with E-state index in [0.29, 0.717) is 25.9 Å². The molecule has 0 unspecified atom stereocenters. The smallest absolute Gasteiger partial charge is 0.303 e. The first-order valence-corrected chi connectivity index (χ1v) is 6.31. The Morgan fingerprint density at radius 3 is 2.41 bits per heavy atom. The summed E-state index contributed by atoms with van der Waals surface area (Å²) in [5.41, 5.74) is 5.35. The number of nitrogens with one attached hydrogen (secondary N) is 1. The van der Waals surface area contributed by atoms with Gasteiger partial charge in [0, 0.05) is 19.5 Å². The Labute approximate surface area is 102 Å². The summed E-state index contributed by atoms with van der Waals surface area (Å²) in [5, 5.41) is 11.3. The van der Waals surface area contributed by atoms with Crippen LogP contribution in [0.4, 0.5) is 0 Å². The van der Waals surface area contributed by atoms with E-state index >= 15 is 0 Å². The van der Waals surface area contributed by atoms with Gasteiger partial charge < -0.3 is 16.2 Å². The van der Waals surface area contributed by atoms with Crippen LogP contribution in [0.15, 0.2) is 0 Å². The zero-order valence-corrected chi connectivity index (χ0v) is 10.2. The van der Waals surface area contributed by atoms with Gasteiger partial charge in [-0.1, -0.05) is 12.8 Å². The monoisotopic (exact) mass is 242 g/mol. The van der Waals surface area contributed by atoms with Crippen LogP contribution in [0.25, 0.3) is 0 Å². The molecule has 98 valence electrons. The van der Waals surface area contributed by atoms with Gasteiger partial charge >= 0.3 is 5.97 Å². The maximum atomic E-state index is 12.0. The largest absolute Gasteiger partial charge is 0.481 e. The van der Waals surface area contributed by atoms with Crippen molar-refractivity contribution in [3.05, 3.63) is 0 Å². The van der Waals surface area contributed by atoms with Gasteiger partial charge in [-0.25, -0.2) is 0 Å². The lowest BCUT2D eigenvalue weighted by Crippen LogP contribution is -2.44. The Morgan fingerprint density at radius 2 is 1.88 bits per heavy atom. The highest BCUT2D eigenvalue weighted by atomic mass is 16.4. The average Bonchev–Trinajstić information content (AvgIpc) is 2.77. The van der Waals surface area contributed by atoms with E-state index in [1.165, 1.54) is 0 Å². The number of hydrogen-bond donors (Lipinski definition) is 3. The van der Waals surface area contributed by atoms with Crippen LogP contribution in [0, 0.1) is 5.41 Å². The van der Waals surface area contributed by atoms with Gasteiger partial charge in [-0.05, 0) is 25.7 Å². The van der Waals surface area contributed by atoms with Crippen LogP contribution in [-0.2, 0) is 9.59 Å². The number of carbonyl (C=O) groups excluding carboxylic acids is 1. The van der Waals surface area contributed by atoms with Crippen molar-refractivity contribution in [1.29, 1.82) is 0 Å². The SMILES string of the molecule is NCC1(C(=O)NCCCCC(=O)O)CCCC1. The third-order valence-electron chi connectivity index (χ3n) is 3.54. The molecule has 0 heterocycles. The molecule has 0 aromatic heterocycles. The lowest BCUT2D eigenvalue weighted by molar-refractivity contribution is -0.137. The van der Waals surface area contributed by atoms with Crippen LogP contribution in [0.5, 0.6) is 0 Å². The molecule has 0 bridgehead atoms. The molecule has 1 amide bonds. The van der Waals surface area contributed by atoms with Gasteiger partial charge in [0.15, 0.2) is 0 Å². The molecule has 17 heavy (non-hydrogen) atoms. The fraction of sp³-hybridized carbons (Fsp3) is 0.833. The van der Waals surface area contributed by atoms with E-state index < -0.39 is 5.97 Å². The topological polar surface area (TPSA) is 92.4 Å². The van der Waals surface area contributed by atoms with Gasteiger partial charge in [0.05, 0.1) is 5.41 Å². The van der Waals surface area contributed by atoms with E-state index in [4.69, 9.17) is 10.8 Å². The average molecular weight is 242 g/mol. The van der Waals surface area contributed by atoms with Crippen molar-refractivity contribution in [2.75, 3.05) is 13.1 Å². The van der Waals surface area contributed by atoms with Crippen LogP contribution >= 0.6 is 0 Å². The quantitative estimate of drug-likeness (QED) is 0.578. The van der Waals surface area contributed by atoms with Crippen molar-refractivity contribution in [2.24, 2.45) is 11.1 Å². The van der Waals surface area contributed by atoms with E-state index in [9.17, 15) is 9.59 Å². The maximum absolute atomic E-state index is 12.0. The summed E-state index contributed by atoms with van der Waals surface area (Å²) in [6, 6.07) is 0. The summed E-state index contributed by atoms with van der Waals surface area (Å²) < 4.78 is 0. The van der Waals surface area contributed by atoms with Crippen molar-refractivity contribution in [1.82, 2.24) is 5.32 Å². The Balaban J connectivity index is 2.22. The Bertz CT molecular complexity index is 273. The molecule has 1 aliphatic rings. The second kappa shape index (κ2) is 6.59. The number of carbonyl (C=O) groups is 2. The predicted molar refractivity (Wildman–Crippen MR) is 64.5 cm³/mol. The van der Waals surface area contributed by atoms with Crippen LogP contribution in [0.2, 0.25) is 0 Å². The molecule has 1 saturated carbocycles. The van der Waals surface area contributed by atoms with Crippen LogP contribution in [-0.4, -0.2) is 30.1 Å². The minimum Gasteiger partial charge on any atom is -0.481 e. The van der Waals surface area contributed by atoms with E-state index in [1.54, 1.807) is 0 Å². The first kappa shape index (κ1) is 14.0. The second-order valence-corrected chi connectivity index (χ2v) is 4.80. The lowest BCUT2D eigenvalue weighted by Gasteiger charge is -2.25. The van der Waals surface area contributed by atoms with Gasteiger partial charge in [-0.3, -0.25) is 9.59 Å². The van der Waals surface area contributed by atoms with E-state index in [1.807, 2.05) is 0 Å². The number of carboxylic acid groups (broad SMARTS) is 1. The molecule has 1 fully saturated rings. The predicted octanol–water partition coefficient (Wildman–Crippen LogP) is 0.877. The molecule has 0 aromatic carbocycles.